The van der Waals surface area contributed by atoms with Gasteiger partial charge in [-0.05, 0) is 82.7 Å². The fourth-order valence-electron chi connectivity index (χ4n) is 5.51. The lowest BCUT2D eigenvalue weighted by Crippen LogP contribution is -2.36. The maximum atomic E-state index is 13.1. The van der Waals surface area contributed by atoms with Crippen molar-refractivity contribution in [3.8, 4) is 0 Å². The van der Waals surface area contributed by atoms with Crippen LogP contribution in [0.2, 0.25) is 5.02 Å². The van der Waals surface area contributed by atoms with E-state index in [0.29, 0.717) is 16.6 Å². The molecule has 1 aromatic rings. The lowest BCUT2D eigenvalue weighted by atomic mass is 10.0. The van der Waals surface area contributed by atoms with E-state index in [-0.39, 0.29) is 5.91 Å². The van der Waals surface area contributed by atoms with Crippen molar-refractivity contribution in [1.82, 2.24) is 9.80 Å². The molecule has 3 fully saturated rings. The molecule has 1 aliphatic heterocycles. The number of carbonyl (C=O) groups excluding carboxylic acids is 1. The molecule has 5 heteroatoms. The summed E-state index contributed by atoms with van der Waals surface area (Å²) in [5, 5.41) is 0.702. The summed E-state index contributed by atoms with van der Waals surface area (Å²) in [6.45, 7) is 2.12. The number of rotatable bonds is 4. The first-order valence-electron chi connectivity index (χ1n) is 10.4. The van der Waals surface area contributed by atoms with Gasteiger partial charge in [-0.1, -0.05) is 11.6 Å². The molecule has 4 atom stereocenters. The van der Waals surface area contributed by atoms with Crippen LogP contribution in [0.25, 0.3) is 0 Å². The third-order valence-electron chi connectivity index (χ3n) is 7.21. The maximum absolute atomic E-state index is 13.1. The molecule has 2 saturated carbocycles. The molecule has 4 nitrogen and oxygen atoms in total. The van der Waals surface area contributed by atoms with Gasteiger partial charge >= 0.3 is 0 Å². The van der Waals surface area contributed by atoms with E-state index in [1.54, 1.807) is 0 Å². The first-order valence-corrected chi connectivity index (χ1v) is 10.8. The molecule has 4 rings (SSSR count). The smallest absolute Gasteiger partial charge is 0.253 e. The fraction of sp³-hybridized carbons (Fsp3) is 0.682. The SMILES string of the molecule is CN(C)C1C[C@@H]2CC(N(C)C(=O)c3ccc(N4CCCC4)c(Cl)c3)C[C@@H]2C1. The molecule has 1 saturated heterocycles. The highest BCUT2D eigenvalue weighted by molar-refractivity contribution is 6.33. The molecule has 1 aromatic carbocycles. The van der Waals surface area contributed by atoms with Crippen molar-refractivity contribution in [1.29, 1.82) is 0 Å². The summed E-state index contributed by atoms with van der Waals surface area (Å²) >= 11 is 6.52. The first kappa shape index (κ1) is 19.1. The van der Waals surface area contributed by atoms with Crippen molar-refractivity contribution in [2.45, 2.75) is 50.6 Å². The number of fused-ring (bicyclic) bond motifs is 1. The summed E-state index contributed by atoms with van der Waals surface area (Å²) in [4.78, 5) is 19.7. The van der Waals surface area contributed by atoms with E-state index >= 15 is 0 Å². The van der Waals surface area contributed by atoms with Crippen LogP contribution < -0.4 is 4.90 Å². The van der Waals surface area contributed by atoms with Crippen molar-refractivity contribution in [3.63, 3.8) is 0 Å². The highest BCUT2D eigenvalue weighted by Crippen LogP contribution is 2.46. The Morgan fingerprint density at radius 2 is 1.59 bits per heavy atom. The van der Waals surface area contributed by atoms with Crippen LogP contribution in [0.4, 0.5) is 5.69 Å². The van der Waals surface area contributed by atoms with Gasteiger partial charge in [0, 0.05) is 37.8 Å². The summed E-state index contributed by atoms with van der Waals surface area (Å²) in [6, 6.07) is 6.94. The van der Waals surface area contributed by atoms with Crippen LogP contribution >= 0.6 is 11.6 Å². The van der Waals surface area contributed by atoms with Crippen molar-refractivity contribution in [2.75, 3.05) is 39.1 Å². The van der Waals surface area contributed by atoms with E-state index in [9.17, 15) is 4.79 Å². The normalized spacial score (nSPS) is 30.2. The van der Waals surface area contributed by atoms with Gasteiger partial charge in [0.25, 0.3) is 5.91 Å². The zero-order chi connectivity index (χ0) is 19.1. The summed E-state index contributed by atoms with van der Waals surface area (Å²) in [5.74, 6) is 1.66. The maximum Gasteiger partial charge on any atom is 0.253 e. The van der Waals surface area contributed by atoms with E-state index in [0.717, 1.165) is 49.5 Å². The minimum Gasteiger partial charge on any atom is -0.370 e. The number of carbonyl (C=O) groups is 1. The fourth-order valence-corrected chi connectivity index (χ4v) is 5.81. The molecule has 3 aliphatic rings. The second-order valence-electron chi connectivity index (χ2n) is 9.01. The second-order valence-corrected chi connectivity index (χ2v) is 9.42. The third-order valence-corrected chi connectivity index (χ3v) is 7.51. The van der Waals surface area contributed by atoms with Crippen LogP contribution in [0.15, 0.2) is 18.2 Å². The van der Waals surface area contributed by atoms with Crippen molar-refractivity contribution in [2.24, 2.45) is 11.8 Å². The second kappa shape index (κ2) is 7.63. The van der Waals surface area contributed by atoms with Gasteiger partial charge in [-0.15, -0.1) is 0 Å². The monoisotopic (exact) mass is 389 g/mol. The van der Waals surface area contributed by atoms with Crippen LogP contribution in [0, 0.1) is 11.8 Å². The Hall–Kier alpha value is -1.26. The molecule has 0 spiro atoms. The van der Waals surface area contributed by atoms with E-state index in [1.807, 2.05) is 30.1 Å². The van der Waals surface area contributed by atoms with Crippen molar-refractivity contribution < 1.29 is 4.79 Å². The lowest BCUT2D eigenvalue weighted by Gasteiger charge is -2.27. The number of hydrogen-bond acceptors (Lipinski definition) is 3. The van der Waals surface area contributed by atoms with Crippen molar-refractivity contribution in [3.05, 3.63) is 28.8 Å². The third kappa shape index (κ3) is 3.71. The Labute approximate surface area is 168 Å². The molecule has 0 radical (unpaired) electrons. The Morgan fingerprint density at radius 1 is 1.00 bits per heavy atom. The molecule has 0 bridgehead atoms. The van der Waals surface area contributed by atoms with Crippen LogP contribution in [0.1, 0.15) is 48.9 Å². The summed E-state index contributed by atoms with van der Waals surface area (Å²) in [5.41, 5.74) is 1.78. The average molecular weight is 390 g/mol. The van der Waals surface area contributed by atoms with Gasteiger partial charge in [0.15, 0.2) is 0 Å². The Balaban J connectivity index is 1.41. The minimum atomic E-state index is 0.110. The zero-order valence-electron chi connectivity index (χ0n) is 16.8. The van der Waals surface area contributed by atoms with E-state index in [1.165, 1.54) is 25.7 Å². The summed E-state index contributed by atoms with van der Waals surface area (Å²) < 4.78 is 0. The number of halogens is 1. The quantitative estimate of drug-likeness (QED) is 0.774. The molecule has 1 amide bonds. The molecular formula is C22H32ClN3O. The van der Waals surface area contributed by atoms with Crippen LogP contribution in [-0.4, -0.2) is 62.0 Å². The lowest BCUT2D eigenvalue weighted by molar-refractivity contribution is 0.0726. The van der Waals surface area contributed by atoms with Crippen molar-refractivity contribution >= 4 is 23.2 Å². The van der Waals surface area contributed by atoms with E-state index in [4.69, 9.17) is 11.6 Å². The predicted octanol–water partition coefficient (Wildman–Crippen LogP) is 4.13. The molecule has 1 heterocycles. The standard InChI is InChI=1S/C22H32ClN3O/c1-24(2)18-10-16-12-19(13-17(16)11-18)25(3)22(27)15-6-7-21(20(23)14-15)26-8-4-5-9-26/h6-7,14,16-19H,4-5,8-13H2,1-3H3/t16-,17+,18?,19?. The molecule has 148 valence electrons. The van der Waals surface area contributed by atoms with Gasteiger partial charge < -0.3 is 14.7 Å². The molecule has 0 aromatic heterocycles. The number of amides is 1. The average Bonchev–Trinajstić information content (AvgIpc) is 3.35. The molecule has 0 N–H and O–H groups in total. The number of anilines is 1. The van der Waals surface area contributed by atoms with Crippen LogP contribution in [-0.2, 0) is 0 Å². The van der Waals surface area contributed by atoms with Gasteiger partial charge in [0.2, 0.25) is 0 Å². The number of nitrogens with zero attached hydrogens (tertiary/aromatic N) is 3. The van der Waals surface area contributed by atoms with Gasteiger partial charge in [-0.2, -0.15) is 0 Å². The molecular weight excluding hydrogens is 358 g/mol. The summed E-state index contributed by atoms with van der Waals surface area (Å²) in [7, 11) is 6.35. The van der Waals surface area contributed by atoms with Gasteiger partial charge in [0.05, 0.1) is 10.7 Å². The minimum absolute atomic E-state index is 0.110. The Bertz CT molecular complexity index is 687. The van der Waals surface area contributed by atoms with E-state index < -0.39 is 0 Å². The van der Waals surface area contributed by atoms with Gasteiger partial charge in [-0.3, -0.25) is 4.79 Å². The van der Waals surface area contributed by atoms with E-state index in [2.05, 4.69) is 23.9 Å². The van der Waals surface area contributed by atoms with Crippen LogP contribution in [0.3, 0.4) is 0 Å². The summed E-state index contributed by atoms with van der Waals surface area (Å²) in [6.07, 6.45) is 7.31. The number of benzene rings is 1. The molecule has 2 unspecified atom stereocenters. The molecule has 2 aliphatic carbocycles. The highest BCUT2D eigenvalue weighted by atomic mass is 35.5. The van der Waals surface area contributed by atoms with Gasteiger partial charge in [-0.25, -0.2) is 0 Å². The van der Waals surface area contributed by atoms with Gasteiger partial charge in [0.1, 0.15) is 0 Å². The highest BCUT2D eigenvalue weighted by Gasteiger charge is 2.44. The topological polar surface area (TPSA) is 26.8 Å². The Morgan fingerprint density at radius 3 is 2.15 bits per heavy atom. The Kier molecular flexibility index (Phi) is 5.39. The molecule has 27 heavy (non-hydrogen) atoms. The zero-order valence-corrected chi connectivity index (χ0v) is 17.6. The number of hydrogen-bond donors (Lipinski definition) is 0. The first-order chi connectivity index (χ1) is 12.9. The largest absolute Gasteiger partial charge is 0.370 e. The predicted molar refractivity (Wildman–Crippen MR) is 112 cm³/mol. The van der Waals surface area contributed by atoms with Crippen LogP contribution in [0.5, 0.6) is 0 Å².